The third-order valence-corrected chi connectivity index (χ3v) is 18.3. The van der Waals surface area contributed by atoms with Crippen molar-refractivity contribution >= 4 is 21.3 Å². The van der Waals surface area contributed by atoms with Gasteiger partial charge in [-0.05, 0) is 106 Å². The van der Waals surface area contributed by atoms with Crippen molar-refractivity contribution < 1.29 is 83.5 Å². The summed E-state index contributed by atoms with van der Waals surface area (Å²) in [5.41, 5.74) is 5.70. The molecule has 0 aromatic heterocycles. The molecule has 20 heteroatoms. The Kier molecular flexibility index (Phi) is 24.1. The number of hydrogen-bond acceptors (Lipinski definition) is 17. The van der Waals surface area contributed by atoms with Gasteiger partial charge >= 0.3 is 10.4 Å². The molecular weight excluding hydrogens is 1160 g/mol. The van der Waals surface area contributed by atoms with Crippen LogP contribution in [0.1, 0.15) is 45.2 Å². The monoisotopic (exact) mass is 1230 g/mol. The zero-order valence-electron chi connectivity index (χ0n) is 49.7. The van der Waals surface area contributed by atoms with Crippen LogP contribution in [0.3, 0.4) is 0 Å². The first-order chi connectivity index (χ1) is 42.4. The van der Waals surface area contributed by atoms with Crippen LogP contribution >= 0.6 is 0 Å². The first kappa shape index (κ1) is 64.7. The molecule has 2 aliphatic heterocycles. The summed E-state index contributed by atoms with van der Waals surface area (Å²) in [6.07, 6.45) is -8.30. The van der Waals surface area contributed by atoms with Gasteiger partial charge in [-0.2, -0.15) is 8.42 Å². The van der Waals surface area contributed by atoms with Gasteiger partial charge in [0.15, 0.2) is 11.5 Å². The Bertz CT molecular complexity index is 3230. The lowest BCUT2D eigenvalue weighted by molar-refractivity contribution is -0.300. The molecule has 9 rings (SSSR count). The zero-order chi connectivity index (χ0) is 61.0. The van der Waals surface area contributed by atoms with Crippen molar-refractivity contribution in [2.75, 3.05) is 67.4 Å². The second-order valence-electron chi connectivity index (χ2n) is 20.8. The van der Waals surface area contributed by atoms with Crippen LogP contribution in [0.4, 0.5) is 0 Å². The fourth-order valence-electron chi connectivity index (χ4n) is 10.3. The van der Waals surface area contributed by atoms with Gasteiger partial charge in [0.1, 0.15) is 88.7 Å². The van der Waals surface area contributed by atoms with E-state index in [2.05, 4.69) is 0 Å². The fraction of sp³-hybridized carbons (Fsp3) is 0.373. The molecule has 464 valence electrons. The van der Waals surface area contributed by atoms with E-state index >= 15 is 0 Å². The lowest BCUT2D eigenvalue weighted by atomic mass is 9.97. The Balaban J connectivity index is 1.14. The predicted octanol–water partition coefficient (Wildman–Crippen LogP) is 10.5. The Morgan fingerprint density at radius 2 is 0.897 bits per heavy atom. The van der Waals surface area contributed by atoms with Gasteiger partial charge in [-0.25, -0.2) is 4.18 Å². The summed E-state index contributed by atoms with van der Waals surface area (Å²) in [5, 5.41) is -0.387. The van der Waals surface area contributed by atoms with Crippen molar-refractivity contribution in [3.8, 4) is 34.5 Å². The van der Waals surface area contributed by atoms with E-state index in [4.69, 9.17) is 70.5 Å². The van der Waals surface area contributed by atoms with Gasteiger partial charge in [-0.1, -0.05) is 103 Å². The lowest BCUT2D eigenvalue weighted by Gasteiger charge is -2.43. The molecule has 2 fully saturated rings. The van der Waals surface area contributed by atoms with Crippen LogP contribution in [-0.2, 0) is 103 Å². The third-order valence-electron chi connectivity index (χ3n) is 15.1. The van der Waals surface area contributed by atoms with Crippen molar-refractivity contribution in [2.45, 2.75) is 93.9 Å². The van der Waals surface area contributed by atoms with Gasteiger partial charge in [0, 0.05) is 16.5 Å². The number of benzene rings is 7. The highest BCUT2D eigenvalue weighted by Crippen LogP contribution is 2.38. The molecule has 0 spiro atoms. The molecule has 2 heterocycles. The molecule has 7 aromatic carbocycles. The third kappa shape index (κ3) is 18.9. The maximum Gasteiger partial charge on any atom is 0.397 e. The first-order valence-electron chi connectivity index (χ1n) is 28.5. The summed E-state index contributed by atoms with van der Waals surface area (Å²) in [6.45, 7) is 0.877. The topological polar surface area (TPSA) is 193 Å². The quantitative estimate of drug-likeness (QED) is 0.0301. The highest BCUT2D eigenvalue weighted by molar-refractivity contribution is 7.97. The van der Waals surface area contributed by atoms with Crippen LogP contribution < -0.4 is 28.4 Å². The highest BCUT2D eigenvalue weighted by Gasteiger charge is 2.56. The average Bonchev–Trinajstić information content (AvgIpc) is 2.46. The molecular formula is C67H77O18S2+. The first-order valence-corrected chi connectivity index (χ1v) is 31.5. The average molecular weight is 1230 g/mol. The highest BCUT2D eigenvalue weighted by atomic mass is 32.3. The maximum atomic E-state index is 13.8. The second kappa shape index (κ2) is 32.5. The summed E-state index contributed by atoms with van der Waals surface area (Å²) in [4.78, 5) is 0. The SMILES string of the molecule is COc1ccc(COC[C@@H]2[C@@H](OCc3ccc(OC)cc3)[C@H](OCc3ccc(OC)cc3)C[S+]2C[C@@H](OCc2ccc(OC)cc2)[C@@H](OS(=O)(=O)O)[C@H](OCc2ccc(OC)cc2)[C@@H]2OC(c3ccccc3)OC[C@@H]2OCc2ccc(OC)cc2)cc1. The predicted molar refractivity (Wildman–Crippen MR) is 328 cm³/mol. The van der Waals surface area contributed by atoms with Gasteiger partial charge in [0.2, 0.25) is 0 Å². The maximum absolute atomic E-state index is 13.8. The largest absolute Gasteiger partial charge is 0.497 e. The molecule has 7 aromatic rings. The molecule has 0 aliphatic carbocycles. The van der Waals surface area contributed by atoms with Crippen molar-refractivity contribution in [1.82, 2.24) is 0 Å². The Hall–Kier alpha value is -6.76. The Morgan fingerprint density at radius 3 is 1.33 bits per heavy atom. The molecule has 0 radical (unpaired) electrons. The van der Waals surface area contributed by atoms with E-state index in [1.54, 1.807) is 54.8 Å². The normalized spacial score (nSPS) is 20.5. The van der Waals surface area contributed by atoms with Crippen molar-refractivity contribution in [1.29, 1.82) is 0 Å². The van der Waals surface area contributed by atoms with Crippen LogP contribution in [-0.4, -0.2) is 128 Å². The molecule has 0 amide bonds. The van der Waals surface area contributed by atoms with Crippen LogP contribution in [0.2, 0.25) is 0 Å². The Labute approximate surface area is 513 Å². The molecule has 2 unspecified atom stereocenters. The number of ether oxygens (including phenoxy) is 14. The van der Waals surface area contributed by atoms with Gasteiger partial charge < -0.3 is 66.3 Å². The number of methoxy groups -OCH3 is 6. The molecule has 18 nitrogen and oxygen atoms in total. The summed E-state index contributed by atoms with van der Waals surface area (Å²) in [7, 11) is 3.49. The van der Waals surface area contributed by atoms with Crippen molar-refractivity contribution in [3.05, 3.63) is 215 Å². The molecule has 10 atom stereocenters. The molecule has 0 saturated carbocycles. The van der Waals surface area contributed by atoms with Crippen LogP contribution in [0, 0.1) is 0 Å². The van der Waals surface area contributed by atoms with Gasteiger partial charge in [-0.3, -0.25) is 4.55 Å². The van der Waals surface area contributed by atoms with Gasteiger partial charge in [0.25, 0.3) is 0 Å². The molecule has 0 bridgehead atoms. The van der Waals surface area contributed by atoms with E-state index in [0.29, 0.717) is 51.4 Å². The minimum absolute atomic E-state index is 0.0167. The minimum Gasteiger partial charge on any atom is -0.497 e. The number of rotatable bonds is 33. The van der Waals surface area contributed by atoms with E-state index < -0.39 is 70.3 Å². The smallest absolute Gasteiger partial charge is 0.397 e. The number of hydrogen-bond donors (Lipinski definition) is 1. The Morgan fingerprint density at radius 1 is 0.494 bits per heavy atom. The van der Waals surface area contributed by atoms with E-state index in [9.17, 15) is 13.0 Å². The van der Waals surface area contributed by atoms with E-state index in [1.807, 2.05) is 164 Å². The van der Waals surface area contributed by atoms with Crippen molar-refractivity contribution in [2.24, 2.45) is 0 Å². The summed E-state index contributed by atoms with van der Waals surface area (Å²) >= 11 is 0. The molecule has 2 saturated heterocycles. The van der Waals surface area contributed by atoms with Crippen LogP contribution in [0.15, 0.2) is 176 Å². The van der Waals surface area contributed by atoms with E-state index in [-0.39, 0.29) is 63.9 Å². The van der Waals surface area contributed by atoms with Crippen LogP contribution in [0.25, 0.3) is 0 Å². The lowest BCUT2D eigenvalue weighted by Crippen LogP contribution is -2.58. The minimum atomic E-state index is -5.32. The standard InChI is InChI=1S/C67H76O18S2/c1-71-53-24-12-46(13-25-53)36-77-43-62-63(81-40-50-20-32-57(75-5)33-21-50)60(79-38-48-16-28-55(73-3)29-17-48)44-86(62)45-61(80-39-49-18-30-56(74-4)31-19-49)65(85-87(68,69)70)66(82-41-51-22-34-58(76-6)35-23-51)64-59(78-37-47-14-26-54(72-2)27-15-47)42-83-67(84-64)52-10-8-7-9-11-52/h7-35,59-67H,36-45H2,1-6H3/p+1/t59-,60+,61+,62+,63-,64+,65+,66+,67?,86?/m0/s1. The fourth-order valence-corrected chi connectivity index (χ4v) is 13.8. The summed E-state index contributed by atoms with van der Waals surface area (Å²) < 4.78 is 133. The molecule has 87 heavy (non-hydrogen) atoms. The van der Waals surface area contributed by atoms with Gasteiger partial charge in [-0.15, -0.1) is 0 Å². The zero-order valence-corrected chi connectivity index (χ0v) is 51.3. The summed E-state index contributed by atoms with van der Waals surface area (Å²) in [6, 6.07) is 54.5. The van der Waals surface area contributed by atoms with Crippen molar-refractivity contribution in [3.63, 3.8) is 0 Å². The second-order valence-corrected chi connectivity index (χ2v) is 24.2. The van der Waals surface area contributed by atoms with E-state index in [1.165, 1.54) is 0 Å². The molecule has 1 N–H and O–H groups in total. The molecule has 2 aliphatic rings. The van der Waals surface area contributed by atoms with Crippen LogP contribution in [0.5, 0.6) is 34.5 Å². The van der Waals surface area contributed by atoms with Gasteiger partial charge in [0.05, 0.1) is 95.5 Å². The summed E-state index contributed by atoms with van der Waals surface area (Å²) in [5.74, 6) is 4.61. The van der Waals surface area contributed by atoms with E-state index in [0.717, 1.165) is 27.8 Å².